The highest BCUT2D eigenvalue weighted by atomic mass is 79.9. The second-order valence-electron chi connectivity index (χ2n) is 3.36. The lowest BCUT2D eigenvalue weighted by Crippen LogP contribution is -2.16. The Balaban J connectivity index is 2.00. The summed E-state index contributed by atoms with van der Waals surface area (Å²) >= 11 is 6.56. The molecule has 0 atom stereocenters. The first-order valence-electron chi connectivity index (χ1n) is 4.88. The Morgan fingerprint density at radius 3 is 2.83 bits per heavy atom. The highest BCUT2D eigenvalue weighted by Gasteiger charge is 2.12. The standard InChI is InChI=1S/C10H9Br2N5O/c11-7-6(4-15-8(7)12)9(18)14-2-1-5-3-16-10(13)17-5/h1-4,15H,(H,14,18)(H3,13,16,17). The zero-order valence-corrected chi connectivity index (χ0v) is 12.2. The molecule has 2 aromatic heterocycles. The molecule has 1 amide bonds. The fourth-order valence-corrected chi connectivity index (χ4v) is 2.00. The predicted octanol–water partition coefficient (Wildman–Crippen LogP) is 2.25. The number of nitrogens with two attached hydrogens (primary N) is 1. The lowest BCUT2D eigenvalue weighted by atomic mass is 10.3. The molecule has 0 aliphatic heterocycles. The highest BCUT2D eigenvalue weighted by molar-refractivity contribution is 9.13. The Labute approximate surface area is 119 Å². The van der Waals surface area contributed by atoms with E-state index < -0.39 is 0 Å². The number of hydrogen-bond donors (Lipinski definition) is 4. The van der Waals surface area contributed by atoms with Gasteiger partial charge in [0.15, 0.2) is 5.95 Å². The molecule has 2 aromatic rings. The van der Waals surface area contributed by atoms with Crippen molar-refractivity contribution in [1.82, 2.24) is 20.3 Å². The number of H-pyrrole nitrogens is 2. The van der Waals surface area contributed by atoms with Gasteiger partial charge in [-0.05, 0) is 37.9 Å². The van der Waals surface area contributed by atoms with Crippen molar-refractivity contribution in [2.75, 3.05) is 5.73 Å². The van der Waals surface area contributed by atoms with Gasteiger partial charge in [0.1, 0.15) is 0 Å². The quantitative estimate of drug-likeness (QED) is 0.662. The number of amides is 1. The van der Waals surface area contributed by atoms with Gasteiger partial charge in [0, 0.05) is 12.4 Å². The second kappa shape index (κ2) is 5.40. The van der Waals surface area contributed by atoms with Crippen molar-refractivity contribution in [3.05, 3.63) is 38.9 Å². The van der Waals surface area contributed by atoms with E-state index >= 15 is 0 Å². The van der Waals surface area contributed by atoms with E-state index in [0.717, 1.165) is 4.60 Å². The molecular weight excluding hydrogens is 366 g/mol. The molecule has 0 unspecified atom stereocenters. The zero-order chi connectivity index (χ0) is 13.1. The molecule has 0 spiro atoms. The molecule has 18 heavy (non-hydrogen) atoms. The normalized spacial score (nSPS) is 11.0. The van der Waals surface area contributed by atoms with Gasteiger partial charge in [-0.1, -0.05) is 0 Å². The van der Waals surface area contributed by atoms with Gasteiger partial charge in [0.2, 0.25) is 0 Å². The summed E-state index contributed by atoms with van der Waals surface area (Å²) in [6.45, 7) is 0. The van der Waals surface area contributed by atoms with Crippen molar-refractivity contribution in [3.63, 3.8) is 0 Å². The van der Waals surface area contributed by atoms with Crippen LogP contribution in [0.1, 0.15) is 16.1 Å². The number of halogens is 2. The van der Waals surface area contributed by atoms with Gasteiger partial charge < -0.3 is 21.0 Å². The molecule has 0 saturated heterocycles. The Kier molecular flexibility index (Phi) is 3.87. The molecule has 2 rings (SSSR count). The van der Waals surface area contributed by atoms with Crippen LogP contribution in [0, 0.1) is 0 Å². The van der Waals surface area contributed by atoms with Crippen molar-refractivity contribution < 1.29 is 4.79 Å². The minimum atomic E-state index is -0.229. The van der Waals surface area contributed by atoms with Crippen LogP contribution in [0.25, 0.3) is 6.08 Å². The molecule has 0 radical (unpaired) electrons. The van der Waals surface area contributed by atoms with Crippen LogP contribution in [0.5, 0.6) is 0 Å². The molecule has 2 heterocycles. The average Bonchev–Trinajstić information content (AvgIpc) is 2.87. The summed E-state index contributed by atoms with van der Waals surface area (Å²) < 4.78 is 1.40. The first-order chi connectivity index (χ1) is 8.58. The highest BCUT2D eigenvalue weighted by Crippen LogP contribution is 2.25. The van der Waals surface area contributed by atoms with Gasteiger partial charge in [-0.25, -0.2) is 4.98 Å². The molecule has 0 aliphatic rings. The maximum atomic E-state index is 11.8. The van der Waals surface area contributed by atoms with E-state index in [1.807, 2.05) is 0 Å². The van der Waals surface area contributed by atoms with Gasteiger partial charge >= 0.3 is 0 Å². The summed E-state index contributed by atoms with van der Waals surface area (Å²) in [7, 11) is 0. The van der Waals surface area contributed by atoms with Gasteiger partial charge in [0.05, 0.1) is 26.5 Å². The Bertz CT molecular complexity index is 601. The molecule has 5 N–H and O–H groups in total. The Morgan fingerprint density at radius 1 is 1.50 bits per heavy atom. The number of carbonyl (C=O) groups is 1. The molecule has 94 valence electrons. The molecule has 0 bridgehead atoms. The van der Waals surface area contributed by atoms with Crippen LogP contribution in [-0.4, -0.2) is 20.9 Å². The zero-order valence-electron chi connectivity index (χ0n) is 9.00. The topological polar surface area (TPSA) is 99.6 Å². The average molecular weight is 375 g/mol. The SMILES string of the molecule is Nc1ncc(C=CNC(=O)c2c[nH]c(Br)c2Br)[nH]1. The number of hydrogen-bond acceptors (Lipinski definition) is 3. The third-order valence-corrected chi connectivity index (χ3v) is 4.09. The van der Waals surface area contributed by atoms with E-state index in [1.54, 1.807) is 18.5 Å². The van der Waals surface area contributed by atoms with Gasteiger partial charge in [-0.3, -0.25) is 4.79 Å². The van der Waals surface area contributed by atoms with Gasteiger partial charge in [0.25, 0.3) is 5.91 Å². The van der Waals surface area contributed by atoms with E-state index in [4.69, 9.17) is 5.73 Å². The molecular formula is C10H9Br2N5O. The van der Waals surface area contributed by atoms with E-state index in [-0.39, 0.29) is 5.91 Å². The van der Waals surface area contributed by atoms with Gasteiger partial charge in [-0.2, -0.15) is 0 Å². The molecule has 0 aromatic carbocycles. The number of nitrogen functional groups attached to an aromatic ring is 1. The molecule has 8 heteroatoms. The minimum Gasteiger partial charge on any atom is -0.369 e. The predicted molar refractivity (Wildman–Crippen MR) is 75.7 cm³/mol. The van der Waals surface area contributed by atoms with Crippen LogP contribution in [-0.2, 0) is 0 Å². The van der Waals surface area contributed by atoms with E-state index in [2.05, 4.69) is 52.1 Å². The number of aromatic amines is 2. The second-order valence-corrected chi connectivity index (χ2v) is 4.95. The van der Waals surface area contributed by atoms with E-state index in [0.29, 0.717) is 21.7 Å². The number of nitrogens with zero attached hydrogens (tertiary/aromatic N) is 1. The maximum Gasteiger partial charge on any atom is 0.257 e. The number of carbonyl (C=O) groups excluding carboxylic acids is 1. The first kappa shape index (κ1) is 12.9. The maximum absolute atomic E-state index is 11.8. The smallest absolute Gasteiger partial charge is 0.257 e. The number of aromatic nitrogens is 3. The summed E-state index contributed by atoms with van der Waals surface area (Å²) in [5.41, 5.74) is 6.64. The summed E-state index contributed by atoms with van der Waals surface area (Å²) in [5.74, 6) is 0.103. The summed E-state index contributed by atoms with van der Waals surface area (Å²) in [6.07, 6.45) is 6.35. The molecule has 0 fully saturated rings. The van der Waals surface area contributed by atoms with E-state index in [9.17, 15) is 4.79 Å². The summed E-state index contributed by atoms with van der Waals surface area (Å²) in [5, 5.41) is 2.63. The van der Waals surface area contributed by atoms with Crippen LogP contribution < -0.4 is 11.1 Å². The number of anilines is 1. The molecule has 6 nitrogen and oxygen atoms in total. The Morgan fingerprint density at radius 2 is 2.28 bits per heavy atom. The summed E-state index contributed by atoms with van der Waals surface area (Å²) in [6, 6.07) is 0. The van der Waals surface area contributed by atoms with Crippen LogP contribution in [0.4, 0.5) is 5.95 Å². The first-order valence-corrected chi connectivity index (χ1v) is 6.47. The number of nitrogens with one attached hydrogen (secondary N) is 3. The van der Waals surface area contributed by atoms with Gasteiger partial charge in [-0.15, -0.1) is 0 Å². The fraction of sp³-hybridized carbons (Fsp3) is 0. The van der Waals surface area contributed by atoms with Crippen LogP contribution in [0.15, 0.2) is 27.7 Å². The summed E-state index contributed by atoms with van der Waals surface area (Å²) in [4.78, 5) is 21.3. The van der Waals surface area contributed by atoms with Crippen LogP contribution >= 0.6 is 31.9 Å². The van der Waals surface area contributed by atoms with Crippen molar-refractivity contribution in [2.24, 2.45) is 0 Å². The van der Waals surface area contributed by atoms with Crippen molar-refractivity contribution >= 4 is 49.8 Å². The Hall–Kier alpha value is -1.54. The van der Waals surface area contributed by atoms with Crippen molar-refractivity contribution in [3.8, 4) is 0 Å². The molecule has 0 aliphatic carbocycles. The third kappa shape index (κ3) is 2.82. The minimum absolute atomic E-state index is 0.229. The number of rotatable bonds is 3. The van der Waals surface area contributed by atoms with Crippen LogP contribution in [0.2, 0.25) is 0 Å². The van der Waals surface area contributed by atoms with E-state index in [1.165, 1.54) is 6.20 Å². The fourth-order valence-electron chi connectivity index (χ4n) is 1.27. The molecule has 0 saturated carbocycles. The monoisotopic (exact) mass is 373 g/mol. The lowest BCUT2D eigenvalue weighted by molar-refractivity contribution is 0.0970. The number of imidazole rings is 1. The van der Waals surface area contributed by atoms with Crippen molar-refractivity contribution in [2.45, 2.75) is 0 Å². The van der Waals surface area contributed by atoms with Crippen molar-refractivity contribution in [1.29, 1.82) is 0 Å². The lowest BCUT2D eigenvalue weighted by Gasteiger charge is -1.97. The third-order valence-electron chi connectivity index (χ3n) is 2.11. The van der Waals surface area contributed by atoms with Crippen LogP contribution in [0.3, 0.4) is 0 Å². The largest absolute Gasteiger partial charge is 0.369 e.